The molecule has 0 spiro atoms. The molecule has 1 heterocycles. The highest BCUT2D eigenvalue weighted by Crippen LogP contribution is 2.24. The summed E-state index contributed by atoms with van der Waals surface area (Å²) in [5.74, 6) is 0.693. The van der Waals surface area contributed by atoms with Crippen molar-refractivity contribution >= 4 is 22.9 Å². The zero-order chi connectivity index (χ0) is 14.4. The van der Waals surface area contributed by atoms with Crippen LogP contribution in [-0.2, 0) is 19.3 Å². The highest BCUT2D eigenvalue weighted by molar-refractivity contribution is 7.11. The average Bonchev–Trinajstić information content (AvgIpc) is 2.84. The van der Waals surface area contributed by atoms with Gasteiger partial charge in [-0.2, -0.15) is 5.26 Å². The van der Waals surface area contributed by atoms with Gasteiger partial charge < -0.3 is 4.74 Å². The molecular formula is C15H15ClN2OS. The van der Waals surface area contributed by atoms with E-state index in [1.54, 1.807) is 17.4 Å². The van der Waals surface area contributed by atoms with Gasteiger partial charge in [0.2, 0.25) is 0 Å². The summed E-state index contributed by atoms with van der Waals surface area (Å²) < 4.78 is 5.65. The maximum atomic E-state index is 8.79. The van der Waals surface area contributed by atoms with Crippen molar-refractivity contribution in [3.05, 3.63) is 44.9 Å². The maximum absolute atomic E-state index is 8.79. The van der Waals surface area contributed by atoms with Gasteiger partial charge in [0, 0.05) is 11.3 Å². The molecule has 5 heteroatoms. The molecule has 0 bridgehead atoms. The first-order valence-electron chi connectivity index (χ1n) is 6.46. The molecule has 3 nitrogen and oxygen atoms in total. The molecule has 2 aromatic rings. The fraction of sp³-hybridized carbons (Fsp3) is 0.333. The number of benzene rings is 1. The molecule has 0 fully saturated rings. The Morgan fingerprint density at radius 3 is 2.90 bits per heavy atom. The molecule has 0 aliphatic heterocycles. The van der Waals surface area contributed by atoms with Gasteiger partial charge in [0.1, 0.15) is 5.75 Å². The van der Waals surface area contributed by atoms with Gasteiger partial charge in [-0.05, 0) is 18.6 Å². The summed E-state index contributed by atoms with van der Waals surface area (Å²) >= 11 is 7.63. The SMILES string of the molecule is CCc1nc(CCOc2ccccc2Cl)sc1CC#N. The molecule has 0 N–H and O–H groups in total. The summed E-state index contributed by atoms with van der Waals surface area (Å²) in [5.41, 5.74) is 1.03. The summed E-state index contributed by atoms with van der Waals surface area (Å²) in [7, 11) is 0. The summed E-state index contributed by atoms with van der Waals surface area (Å²) in [6.07, 6.45) is 2.03. The van der Waals surface area contributed by atoms with Crippen LogP contribution in [0, 0.1) is 11.3 Å². The van der Waals surface area contributed by atoms with Gasteiger partial charge in [-0.25, -0.2) is 4.98 Å². The van der Waals surface area contributed by atoms with Crippen molar-refractivity contribution in [3.8, 4) is 11.8 Å². The molecule has 0 aliphatic rings. The molecule has 0 atom stereocenters. The number of rotatable bonds is 6. The van der Waals surface area contributed by atoms with Gasteiger partial charge in [0.15, 0.2) is 0 Å². The summed E-state index contributed by atoms with van der Waals surface area (Å²) in [6.45, 7) is 2.59. The third kappa shape index (κ3) is 3.72. The molecular weight excluding hydrogens is 292 g/mol. The lowest BCUT2D eigenvalue weighted by atomic mass is 10.2. The number of nitriles is 1. The van der Waals surface area contributed by atoms with E-state index in [1.165, 1.54) is 0 Å². The Morgan fingerprint density at radius 2 is 2.20 bits per heavy atom. The van der Waals surface area contributed by atoms with E-state index in [1.807, 2.05) is 18.2 Å². The number of para-hydroxylation sites is 1. The zero-order valence-electron chi connectivity index (χ0n) is 11.2. The minimum absolute atomic E-state index is 0.437. The lowest BCUT2D eigenvalue weighted by molar-refractivity contribution is 0.322. The standard InChI is InChI=1S/C15H15ClN2OS/c1-2-12-14(7-9-17)20-15(18-12)8-10-19-13-6-4-3-5-11(13)16/h3-6H,2,7-8,10H2,1H3. The fourth-order valence-electron chi connectivity index (χ4n) is 1.84. The third-order valence-electron chi connectivity index (χ3n) is 2.81. The number of aromatic nitrogens is 1. The van der Waals surface area contributed by atoms with Gasteiger partial charge in [0.25, 0.3) is 0 Å². The van der Waals surface area contributed by atoms with Crippen LogP contribution in [0.5, 0.6) is 5.75 Å². The Kier molecular flexibility index (Phi) is 5.40. The van der Waals surface area contributed by atoms with Gasteiger partial charge in [-0.3, -0.25) is 0 Å². The number of aryl methyl sites for hydroxylation is 1. The monoisotopic (exact) mass is 306 g/mol. The summed E-state index contributed by atoms with van der Waals surface area (Å²) in [6, 6.07) is 9.61. The first-order chi connectivity index (χ1) is 9.74. The van der Waals surface area contributed by atoms with Crippen LogP contribution in [0.2, 0.25) is 5.02 Å². The van der Waals surface area contributed by atoms with Crippen molar-refractivity contribution in [1.82, 2.24) is 4.98 Å². The van der Waals surface area contributed by atoms with Crippen LogP contribution >= 0.6 is 22.9 Å². The molecule has 0 aliphatic carbocycles. The molecule has 1 aromatic carbocycles. The first-order valence-corrected chi connectivity index (χ1v) is 7.65. The van der Waals surface area contributed by atoms with Gasteiger partial charge >= 0.3 is 0 Å². The molecule has 20 heavy (non-hydrogen) atoms. The Morgan fingerprint density at radius 1 is 1.40 bits per heavy atom. The number of halogens is 1. The van der Waals surface area contributed by atoms with Crippen molar-refractivity contribution < 1.29 is 4.74 Å². The zero-order valence-corrected chi connectivity index (χ0v) is 12.8. The normalized spacial score (nSPS) is 10.2. The van der Waals surface area contributed by atoms with Crippen molar-refractivity contribution in [3.63, 3.8) is 0 Å². The second-order valence-corrected chi connectivity index (χ2v) is 5.77. The summed E-state index contributed by atoms with van der Waals surface area (Å²) in [5, 5.41) is 10.4. The molecule has 1 aromatic heterocycles. The van der Waals surface area contributed by atoms with Crippen LogP contribution in [0.25, 0.3) is 0 Å². The second kappa shape index (κ2) is 7.28. The van der Waals surface area contributed by atoms with E-state index >= 15 is 0 Å². The van der Waals surface area contributed by atoms with E-state index in [-0.39, 0.29) is 0 Å². The number of thiazole rings is 1. The Hall–Kier alpha value is -1.57. The topological polar surface area (TPSA) is 45.9 Å². The lowest BCUT2D eigenvalue weighted by Crippen LogP contribution is -2.01. The quantitative estimate of drug-likeness (QED) is 0.809. The number of hydrogen-bond acceptors (Lipinski definition) is 4. The maximum Gasteiger partial charge on any atom is 0.137 e. The third-order valence-corrected chi connectivity index (χ3v) is 4.28. The molecule has 104 valence electrons. The number of hydrogen-bond donors (Lipinski definition) is 0. The number of ether oxygens (including phenoxy) is 1. The molecule has 0 radical (unpaired) electrons. The van der Waals surface area contributed by atoms with Gasteiger partial charge in [-0.15, -0.1) is 11.3 Å². The first kappa shape index (κ1) is 14.8. The van der Waals surface area contributed by atoms with Crippen LogP contribution in [-0.4, -0.2) is 11.6 Å². The highest BCUT2D eigenvalue weighted by Gasteiger charge is 2.09. The number of nitrogens with zero attached hydrogens (tertiary/aromatic N) is 2. The van der Waals surface area contributed by atoms with Crippen molar-refractivity contribution in [2.45, 2.75) is 26.2 Å². The lowest BCUT2D eigenvalue weighted by Gasteiger charge is -2.06. The molecule has 0 unspecified atom stereocenters. The Labute approximate surface area is 127 Å². The van der Waals surface area contributed by atoms with Crippen molar-refractivity contribution in [2.24, 2.45) is 0 Å². The minimum atomic E-state index is 0.437. The van der Waals surface area contributed by atoms with Gasteiger partial charge in [-0.1, -0.05) is 30.7 Å². The van der Waals surface area contributed by atoms with E-state index in [0.29, 0.717) is 23.8 Å². The van der Waals surface area contributed by atoms with Crippen LogP contribution in [0.15, 0.2) is 24.3 Å². The van der Waals surface area contributed by atoms with E-state index in [9.17, 15) is 0 Å². The van der Waals surface area contributed by atoms with Crippen molar-refractivity contribution in [1.29, 1.82) is 5.26 Å². The molecule has 0 saturated carbocycles. The van der Waals surface area contributed by atoms with E-state index < -0.39 is 0 Å². The smallest absolute Gasteiger partial charge is 0.137 e. The Bertz CT molecular complexity index is 619. The Balaban J connectivity index is 1.95. The van der Waals surface area contributed by atoms with E-state index in [2.05, 4.69) is 18.0 Å². The average molecular weight is 307 g/mol. The van der Waals surface area contributed by atoms with Crippen LogP contribution in [0.1, 0.15) is 22.5 Å². The highest BCUT2D eigenvalue weighted by atomic mass is 35.5. The predicted octanol–water partition coefficient (Wildman–Crippen LogP) is 4.05. The summed E-state index contributed by atoms with van der Waals surface area (Å²) in [4.78, 5) is 5.63. The minimum Gasteiger partial charge on any atom is -0.492 e. The second-order valence-electron chi connectivity index (χ2n) is 4.19. The fourth-order valence-corrected chi connectivity index (χ4v) is 3.10. The molecule has 0 saturated heterocycles. The van der Waals surface area contributed by atoms with Crippen LogP contribution in [0.4, 0.5) is 0 Å². The predicted molar refractivity (Wildman–Crippen MR) is 81.5 cm³/mol. The van der Waals surface area contributed by atoms with E-state index in [0.717, 1.165) is 28.4 Å². The van der Waals surface area contributed by atoms with Gasteiger partial charge in [0.05, 0.1) is 34.8 Å². The molecule has 0 amide bonds. The van der Waals surface area contributed by atoms with Crippen LogP contribution < -0.4 is 4.74 Å². The molecule has 2 rings (SSSR count). The van der Waals surface area contributed by atoms with Crippen LogP contribution in [0.3, 0.4) is 0 Å². The largest absolute Gasteiger partial charge is 0.492 e. The van der Waals surface area contributed by atoms with E-state index in [4.69, 9.17) is 21.6 Å². The van der Waals surface area contributed by atoms with Crippen molar-refractivity contribution in [2.75, 3.05) is 6.61 Å².